The van der Waals surface area contributed by atoms with Crippen molar-refractivity contribution in [3.63, 3.8) is 0 Å². The van der Waals surface area contributed by atoms with E-state index in [-0.39, 0.29) is 29.8 Å². The molecule has 1 aliphatic heterocycles. The minimum atomic E-state index is -3.68. The molecule has 0 bridgehead atoms. The summed E-state index contributed by atoms with van der Waals surface area (Å²) in [5.41, 5.74) is 0.981. The first kappa shape index (κ1) is 20.6. The Bertz CT molecular complexity index is 848. The Morgan fingerprint density at radius 2 is 1.88 bits per heavy atom. The fourth-order valence-electron chi connectivity index (χ4n) is 3.12. The highest BCUT2D eigenvalue weighted by atomic mass is 35.5. The highest BCUT2D eigenvalue weighted by Gasteiger charge is 2.35. The second-order valence-electron chi connectivity index (χ2n) is 5.92. The lowest BCUT2D eigenvalue weighted by Crippen LogP contribution is -2.49. The summed E-state index contributed by atoms with van der Waals surface area (Å²) in [6.45, 7) is 1.37. The molecule has 0 spiro atoms. The molecular weight excluding hydrogens is 379 g/mol. The molecule has 142 valence electrons. The molecule has 1 aliphatic rings. The number of hydrogen-bond donors (Lipinski definition) is 1. The Labute approximate surface area is 159 Å². The van der Waals surface area contributed by atoms with E-state index in [0.717, 1.165) is 5.56 Å². The number of nitrogens with zero attached hydrogens (tertiary/aromatic N) is 1. The molecular formula is C18H22ClFN2O3S. The Morgan fingerprint density at radius 3 is 2.62 bits per heavy atom. The molecule has 0 aromatic heterocycles. The van der Waals surface area contributed by atoms with E-state index < -0.39 is 15.8 Å². The van der Waals surface area contributed by atoms with Gasteiger partial charge in [-0.05, 0) is 12.1 Å². The van der Waals surface area contributed by atoms with Crippen LogP contribution in [0.5, 0.6) is 5.75 Å². The van der Waals surface area contributed by atoms with Crippen molar-refractivity contribution in [1.82, 2.24) is 9.62 Å². The first-order valence-corrected chi connectivity index (χ1v) is 9.70. The fraction of sp³-hybridized carbons (Fsp3) is 0.333. The van der Waals surface area contributed by atoms with E-state index in [1.807, 2.05) is 24.3 Å². The van der Waals surface area contributed by atoms with Crippen LogP contribution in [0, 0.1) is 5.82 Å². The molecule has 1 N–H and O–H groups in total. The van der Waals surface area contributed by atoms with Gasteiger partial charge in [0, 0.05) is 30.8 Å². The average Bonchev–Trinajstić information content (AvgIpc) is 2.63. The minimum absolute atomic E-state index is 0. The molecule has 0 amide bonds. The van der Waals surface area contributed by atoms with Gasteiger partial charge in [0.25, 0.3) is 0 Å². The van der Waals surface area contributed by atoms with Gasteiger partial charge in [-0.3, -0.25) is 0 Å². The van der Waals surface area contributed by atoms with Crippen LogP contribution in [0.1, 0.15) is 17.2 Å². The van der Waals surface area contributed by atoms with Gasteiger partial charge in [-0.1, -0.05) is 36.4 Å². The predicted molar refractivity (Wildman–Crippen MR) is 102 cm³/mol. The SMILES string of the molecule is COc1ccccc1C1CNCCN1S(=O)(=O)Cc1ccccc1F.Cl. The van der Waals surface area contributed by atoms with Crippen LogP contribution in [0.2, 0.25) is 0 Å². The molecule has 3 rings (SSSR count). The lowest BCUT2D eigenvalue weighted by molar-refractivity contribution is 0.264. The third kappa shape index (κ3) is 4.35. The third-order valence-corrected chi connectivity index (χ3v) is 6.17. The van der Waals surface area contributed by atoms with Crippen LogP contribution in [0.3, 0.4) is 0 Å². The summed E-state index contributed by atoms with van der Waals surface area (Å²) in [6, 6.07) is 13.0. The van der Waals surface area contributed by atoms with Crippen molar-refractivity contribution in [2.75, 3.05) is 26.7 Å². The van der Waals surface area contributed by atoms with Crippen LogP contribution in [0.4, 0.5) is 4.39 Å². The van der Waals surface area contributed by atoms with Crippen LogP contribution < -0.4 is 10.1 Å². The lowest BCUT2D eigenvalue weighted by Gasteiger charge is -2.36. The topological polar surface area (TPSA) is 58.6 Å². The molecule has 1 fully saturated rings. The summed E-state index contributed by atoms with van der Waals surface area (Å²) in [6.07, 6.45) is 0. The molecule has 2 aromatic carbocycles. The zero-order valence-electron chi connectivity index (χ0n) is 14.4. The van der Waals surface area contributed by atoms with Gasteiger partial charge in [-0.15, -0.1) is 12.4 Å². The van der Waals surface area contributed by atoms with E-state index in [2.05, 4.69) is 5.32 Å². The number of hydrogen-bond acceptors (Lipinski definition) is 4. The van der Waals surface area contributed by atoms with Gasteiger partial charge in [-0.2, -0.15) is 4.31 Å². The fourth-order valence-corrected chi connectivity index (χ4v) is 4.86. The van der Waals surface area contributed by atoms with Crippen molar-refractivity contribution in [3.05, 3.63) is 65.5 Å². The summed E-state index contributed by atoms with van der Waals surface area (Å²) < 4.78 is 46.7. The maximum absolute atomic E-state index is 13.9. The number of piperazine rings is 1. The predicted octanol–water partition coefficient (Wildman–Crippen LogP) is 2.73. The van der Waals surface area contributed by atoms with Gasteiger partial charge in [-0.25, -0.2) is 12.8 Å². The monoisotopic (exact) mass is 400 g/mol. The molecule has 5 nitrogen and oxygen atoms in total. The second-order valence-corrected chi connectivity index (χ2v) is 7.84. The molecule has 1 atom stereocenters. The van der Waals surface area contributed by atoms with Crippen LogP contribution >= 0.6 is 12.4 Å². The summed E-state index contributed by atoms with van der Waals surface area (Å²) in [5, 5.41) is 3.23. The average molecular weight is 401 g/mol. The molecule has 1 saturated heterocycles. The van der Waals surface area contributed by atoms with E-state index in [1.54, 1.807) is 19.2 Å². The largest absolute Gasteiger partial charge is 0.496 e. The Balaban J connectivity index is 0.00000243. The molecule has 1 heterocycles. The van der Waals surface area contributed by atoms with Gasteiger partial charge in [0.1, 0.15) is 11.6 Å². The molecule has 26 heavy (non-hydrogen) atoms. The highest BCUT2D eigenvalue weighted by molar-refractivity contribution is 7.88. The van der Waals surface area contributed by atoms with E-state index in [4.69, 9.17) is 4.74 Å². The Hall–Kier alpha value is -1.67. The maximum atomic E-state index is 13.9. The highest BCUT2D eigenvalue weighted by Crippen LogP contribution is 2.32. The first-order valence-electron chi connectivity index (χ1n) is 8.09. The number of para-hydroxylation sites is 1. The standard InChI is InChI=1S/C18H21FN2O3S.ClH/c1-24-18-9-5-3-7-15(18)17-12-20-10-11-21(17)25(22,23)13-14-6-2-4-8-16(14)19;/h2-9,17,20H,10-13H2,1H3;1H. The molecule has 2 aromatic rings. The Morgan fingerprint density at radius 1 is 1.19 bits per heavy atom. The molecule has 0 aliphatic carbocycles. The van der Waals surface area contributed by atoms with Crippen LogP contribution in [-0.4, -0.2) is 39.5 Å². The van der Waals surface area contributed by atoms with Gasteiger partial charge >= 0.3 is 0 Å². The second kappa shape index (κ2) is 8.81. The molecule has 0 saturated carbocycles. The number of methoxy groups -OCH3 is 1. The van der Waals surface area contributed by atoms with Gasteiger partial charge in [0.15, 0.2) is 0 Å². The lowest BCUT2D eigenvalue weighted by atomic mass is 10.0. The van der Waals surface area contributed by atoms with E-state index in [9.17, 15) is 12.8 Å². The third-order valence-electron chi connectivity index (χ3n) is 4.35. The number of ether oxygens (including phenoxy) is 1. The summed E-state index contributed by atoms with van der Waals surface area (Å²) in [4.78, 5) is 0. The molecule has 1 unspecified atom stereocenters. The normalized spacial score (nSPS) is 18.2. The van der Waals surface area contributed by atoms with Crippen molar-refractivity contribution in [3.8, 4) is 5.75 Å². The van der Waals surface area contributed by atoms with Crippen molar-refractivity contribution in [2.45, 2.75) is 11.8 Å². The summed E-state index contributed by atoms with van der Waals surface area (Å²) in [7, 11) is -2.12. The smallest absolute Gasteiger partial charge is 0.219 e. The number of rotatable bonds is 5. The first-order chi connectivity index (χ1) is 12.0. The number of nitrogens with one attached hydrogen (secondary N) is 1. The van der Waals surface area contributed by atoms with Crippen LogP contribution in [0.25, 0.3) is 0 Å². The van der Waals surface area contributed by atoms with E-state index >= 15 is 0 Å². The molecule has 8 heteroatoms. The number of benzene rings is 2. The van der Waals surface area contributed by atoms with Crippen molar-refractivity contribution in [1.29, 1.82) is 0 Å². The van der Waals surface area contributed by atoms with E-state index in [0.29, 0.717) is 25.4 Å². The van der Waals surface area contributed by atoms with Crippen molar-refractivity contribution in [2.24, 2.45) is 0 Å². The van der Waals surface area contributed by atoms with Crippen molar-refractivity contribution >= 4 is 22.4 Å². The van der Waals surface area contributed by atoms with Gasteiger partial charge in [0.05, 0.1) is 18.9 Å². The minimum Gasteiger partial charge on any atom is -0.496 e. The van der Waals surface area contributed by atoms with Gasteiger partial charge < -0.3 is 10.1 Å². The van der Waals surface area contributed by atoms with Crippen molar-refractivity contribution < 1.29 is 17.5 Å². The maximum Gasteiger partial charge on any atom is 0.219 e. The quantitative estimate of drug-likeness (QED) is 0.838. The van der Waals surface area contributed by atoms with Crippen LogP contribution in [0.15, 0.2) is 48.5 Å². The zero-order valence-corrected chi connectivity index (χ0v) is 16.0. The summed E-state index contributed by atoms with van der Waals surface area (Å²) >= 11 is 0. The zero-order chi connectivity index (χ0) is 17.9. The number of sulfonamides is 1. The van der Waals surface area contributed by atoms with E-state index in [1.165, 1.54) is 16.4 Å². The Kier molecular flexibility index (Phi) is 7.00. The van der Waals surface area contributed by atoms with Crippen LogP contribution in [-0.2, 0) is 15.8 Å². The summed E-state index contributed by atoms with van der Waals surface area (Å²) in [5.74, 6) is -0.219. The number of halogens is 2. The molecule has 0 radical (unpaired) electrons. The van der Waals surface area contributed by atoms with Gasteiger partial charge in [0.2, 0.25) is 10.0 Å².